The lowest BCUT2D eigenvalue weighted by Gasteiger charge is -2.19. The molecule has 1 aromatic rings. The van der Waals surface area contributed by atoms with Gasteiger partial charge in [-0.15, -0.1) is 0 Å². The molecule has 0 aromatic heterocycles. The molecular formula is C14H17F2NO4. The second kappa shape index (κ2) is 8.18. The summed E-state index contributed by atoms with van der Waals surface area (Å²) >= 11 is 0. The van der Waals surface area contributed by atoms with Crippen LogP contribution in [0.15, 0.2) is 18.2 Å². The van der Waals surface area contributed by atoms with Crippen molar-refractivity contribution in [2.75, 3.05) is 26.3 Å². The molecule has 0 N–H and O–H groups in total. The maximum Gasteiger partial charge on any atom is 0.325 e. The molecule has 0 bridgehead atoms. The molecule has 0 aliphatic heterocycles. The van der Waals surface area contributed by atoms with E-state index in [-0.39, 0.29) is 25.4 Å². The van der Waals surface area contributed by atoms with E-state index in [9.17, 15) is 18.4 Å². The van der Waals surface area contributed by atoms with E-state index in [2.05, 4.69) is 0 Å². The molecule has 0 saturated carbocycles. The van der Waals surface area contributed by atoms with E-state index in [0.717, 1.165) is 12.1 Å². The second-order valence-electron chi connectivity index (χ2n) is 4.08. The third-order valence-electron chi connectivity index (χ3n) is 2.60. The van der Waals surface area contributed by atoms with Crippen LogP contribution in [0.1, 0.15) is 13.8 Å². The Balaban J connectivity index is 2.56. The summed E-state index contributed by atoms with van der Waals surface area (Å²) in [5.74, 6) is -2.87. The number of nitrogens with zero attached hydrogens (tertiary/aromatic N) is 1. The number of ether oxygens (including phenoxy) is 2. The monoisotopic (exact) mass is 301 g/mol. The van der Waals surface area contributed by atoms with Crippen LogP contribution in [0.2, 0.25) is 0 Å². The highest BCUT2D eigenvalue weighted by Gasteiger charge is 2.17. The molecule has 116 valence electrons. The first-order chi connectivity index (χ1) is 9.97. The van der Waals surface area contributed by atoms with Gasteiger partial charge in [0.2, 0.25) is 0 Å². The number of esters is 1. The maximum absolute atomic E-state index is 13.3. The van der Waals surface area contributed by atoms with Gasteiger partial charge in [-0.25, -0.2) is 8.78 Å². The molecule has 0 aliphatic carbocycles. The number of hydrogen-bond donors (Lipinski definition) is 0. The van der Waals surface area contributed by atoms with Crippen LogP contribution in [0.5, 0.6) is 5.75 Å². The molecule has 0 aliphatic rings. The molecule has 21 heavy (non-hydrogen) atoms. The van der Waals surface area contributed by atoms with Crippen molar-refractivity contribution in [3.63, 3.8) is 0 Å². The summed E-state index contributed by atoms with van der Waals surface area (Å²) in [4.78, 5) is 24.4. The van der Waals surface area contributed by atoms with Crippen LogP contribution >= 0.6 is 0 Å². The molecule has 0 atom stereocenters. The van der Waals surface area contributed by atoms with Crippen molar-refractivity contribution in [3.05, 3.63) is 29.8 Å². The van der Waals surface area contributed by atoms with E-state index >= 15 is 0 Å². The first-order valence-electron chi connectivity index (χ1n) is 6.49. The highest BCUT2D eigenvalue weighted by molar-refractivity contribution is 5.83. The fourth-order valence-corrected chi connectivity index (χ4v) is 1.56. The summed E-state index contributed by atoms with van der Waals surface area (Å²) in [5, 5.41) is 0. The minimum absolute atomic E-state index is 0.196. The van der Waals surface area contributed by atoms with E-state index in [4.69, 9.17) is 9.47 Å². The van der Waals surface area contributed by atoms with Crippen molar-refractivity contribution in [2.45, 2.75) is 13.8 Å². The Hall–Kier alpha value is -2.18. The number of carbonyl (C=O) groups excluding carboxylic acids is 2. The Kier molecular flexibility index (Phi) is 6.58. The summed E-state index contributed by atoms with van der Waals surface area (Å²) in [7, 11) is 0. The van der Waals surface area contributed by atoms with Gasteiger partial charge in [0, 0.05) is 12.6 Å². The number of halogens is 2. The molecule has 7 heteroatoms. The Morgan fingerprint density at radius 2 is 1.95 bits per heavy atom. The average molecular weight is 301 g/mol. The molecule has 0 radical (unpaired) electrons. The van der Waals surface area contributed by atoms with Crippen LogP contribution < -0.4 is 4.74 Å². The normalized spacial score (nSPS) is 10.1. The summed E-state index contributed by atoms with van der Waals surface area (Å²) < 4.78 is 35.8. The minimum Gasteiger partial charge on any atom is -0.481 e. The van der Waals surface area contributed by atoms with Gasteiger partial charge < -0.3 is 14.4 Å². The van der Waals surface area contributed by atoms with Crippen molar-refractivity contribution >= 4 is 11.9 Å². The van der Waals surface area contributed by atoms with Gasteiger partial charge in [0.1, 0.15) is 12.4 Å². The van der Waals surface area contributed by atoms with Gasteiger partial charge in [-0.3, -0.25) is 9.59 Å². The largest absolute Gasteiger partial charge is 0.481 e. The lowest BCUT2D eigenvalue weighted by atomic mass is 10.3. The number of carbonyl (C=O) groups is 2. The second-order valence-corrected chi connectivity index (χ2v) is 4.08. The predicted molar refractivity (Wildman–Crippen MR) is 70.7 cm³/mol. The Morgan fingerprint density at radius 1 is 1.24 bits per heavy atom. The van der Waals surface area contributed by atoms with Crippen LogP contribution in [0, 0.1) is 11.6 Å². The van der Waals surface area contributed by atoms with Crippen molar-refractivity contribution in [1.82, 2.24) is 4.90 Å². The summed E-state index contributed by atoms with van der Waals surface area (Å²) in [5.41, 5.74) is 0. The summed E-state index contributed by atoms with van der Waals surface area (Å²) in [6, 6.07) is 2.79. The smallest absolute Gasteiger partial charge is 0.325 e. The SMILES string of the molecule is CCOC(=O)CN(CC)C(=O)COc1ccc(F)cc1F. The number of likely N-dealkylation sites (N-methyl/N-ethyl adjacent to an activating group) is 1. The fourth-order valence-electron chi connectivity index (χ4n) is 1.56. The zero-order valence-electron chi connectivity index (χ0n) is 11.9. The van der Waals surface area contributed by atoms with Crippen molar-refractivity contribution in [1.29, 1.82) is 0 Å². The summed E-state index contributed by atoms with van der Waals surface area (Å²) in [6.45, 7) is 3.22. The Bertz CT molecular complexity index is 508. The highest BCUT2D eigenvalue weighted by atomic mass is 19.1. The quantitative estimate of drug-likeness (QED) is 0.720. The van der Waals surface area contributed by atoms with Crippen LogP contribution in [0.3, 0.4) is 0 Å². The molecule has 0 saturated heterocycles. The molecule has 1 amide bonds. The van der Waals surface area contributed by atoms with Gasteiger partial charge in [0.05, 0.1) is 6.61 Å². The van der Waals surface area contributed by atoms with Gasteiger partial charge in [0.15, 0.2) is 18.2 Å². The minimum atomic E-state index is -0.892. The van der Waals surface area contributed by atoms with E-state index < -0.39 is 30.1 Å². The number of hydrogen-bond acceptors (Lipinski definition) is 4. The Labute approximate surface area is 121 Å². The van der Waals surface area contributed by atoms with Gasteiger partial charge in [0.25, 0.3) is 5.91 Å². The van der Waals surface area contributed by atoms with Gasteiger partial charge >= 0.3 is 5.97 Å². The first-order valence-corrected chi connectivity index (χ1v) is 6.49. The molecule has 0 fully saturated rings. The van der Waals surface area contributed by atoms with E-state index in [1.807, 2.05) is 0 Å². The number of benzene rings is 1. The van der Waals surface area contributed by atoms with Gasteiger partial charge in [-0.05, 0) is 26.0 Å². The van der Waals surface area contributed by atoms with Crippen LogP contribution in [-0.4, -0.2) is 43.1 Å². The van der Waals surface area contributed by atoms with Crippen molar-refractivity contribution in [2.24, 2.45) is 0 Å². The predicted octanol–water partition coefficient (Wildman–Crippen LogP) is 1.76. The summed E-state index contributed by atoms with van der Waals surface area (Å²) in [6.07, 6.45) is 0. The maximum atomic E-state index is 13.3. The van der Waals surface area contributed by atoms with Gasteiger partial charge in [-0.1, -0.05) is 0 Å². The molecule has 5 nitrogen and oxygen atoms in total. The van der Waals surface area contributed by atoms with Gasteiger partial charge in [-0.2, -0.15) is 0 Å². The van der Waals surface area contributed by atoms with Crippen LogP contribution in [0.25, 0.3) is 0 Å². The van der Waals surface area contributed by atoms with E-state index in [0.29, 0.717) is 6.07 Å². The molecular weight excluding hydrogens is 284 g/mol. The lowest BCUT2D eigenvalue weighted by molar-refractivity contribution is -0.149. The Morgan fingerprint density at radius 3 is 2.52 bits per heavy atom. The molecule has 0 unspecified atom stereocenters. The van der Waals surface area contributed by atoms with Crippen LogP contribution in [-0.2, 0) is 14.3 Å². The first kappa shape index (κ1) is 16.9. The topological polar surface area (TPSA) is 55.8 Å². The lowest BCUT2D eigenvalue weighted by Crippen LogP contribution is -2.39. The van der Waals surface area contributed by atoms with E-state index in [1.165, 1.54) is 4.90 Å². The zero-order chi connectivity index (χ0) is 15.8. The highest BCUT2D eigenvalue weighted by Crippen LogP contribution is 2.17. The van der Waals surface area contributed by atoms with Crippen molar-refractivity contribution < 1.29 is 27.8 Å². The molecule has 0 spiro atoms. The third kappa shape index (κ3) is 5.37. The standard InChI is InChI=1S/C14H17F2NO4/c1-3-17(8-14(19)20-4-2)13(18)9-21-12-6-5-10(15)7-11(12)16/h5-7H,3-4,8-9H2,1-2H3. The molecule has 0 heterocycles. The molecule has 1 rings (SSSR count). The number of amides is 1. The fraction of sp³-hybridized carbons (Fsp3) is 0.429. The number of rotatable bonds is 7. The van der Waals surface area contributed by atoms with Crippen molar-refractivity contribution in [3.8, 4) is 5.75 Å². The average Bonchev–Trinajstić information content (AvgIpc) is 2.43. The third-order valence-corrected chi connectivity index (χ3v) is 2.60. The van der Waals surface area contributed by atoms with Crippen LogP contribution in [0.4, 0.5) is 8.78 Å². The zero-order valence-corrected chi connectivity index (χ0v) is 11.9. The van der Waals surface area contributed by atoms with E-state index in [1.54, 1.807) is 13.8 Å². The molecule has 1 aromatic carbocycles.